The molecule has 0 fully saturated rings. The standard InChI is InChI=1S/C21H21N5O3/c1-12-4-3-5-16(10-12)26-21(29)25-15-8-6-14(7-9-15)17-11-23-20(24-13(2)27)18(17)19(22)28/h3-11,23H,1-2H3,(H2,22,28)(H,24,27)(H2,25,26,29). The van der Waals surface area contributed by atoms with E-state index < -0.39 is 5.91 Å². The van der Waals surface area contributed by atoms with Gasteiger partial charge >= 0.3 is 6.03 Å². The summed E-state index contributed by atoms with van der Waals surface area (Å²) in [7, 11) is 0. The van der Waals surface area contributed by atoms with Crippen LogP contribution in [0.4, 0.5) is 22.0 Å². The summed E-state index contributed by atoms with van der Waals surface area (Å²) in [6.07, 6.45) is 1.60. The Hall–Kier alpha value is -4.07. The predicted molar refractivity (Wildman–Crippen MR) is 113 cm³/mol. The molecule has 3 rings (SSSR count). The van der Waals surface area contributed by atoms with E-state index in [1.807, 2.05) is 25.1 Å². The number of nitrogens with one attached hydrogen (secondary N) is 4. The van der Waals surface area contributed by atoms with Crippen LogP contribution in [-0.4, -0.2) is 22.8 Å². The van der Waals surface area contributed by atoms with E-state index in [0.717, 1.165) is 5.56 Å². The first-order valence-corrected chi connectivity index (χ1v) is 8.87. The van der Waals surface area contributed by atoms with Crippen molar-refractivity contribution in [1.82, 2.24) is 4.98 Å². The third kappa shape index (κ3) is 4.81. The van der Waals surface area contributed by atoms with Gasteiger partial charge in [0.25, 0.3) is 5.91 Å². The highest BCUT2D eigenvalue weighted by Gasteiger charge is 2.18. The molecule has 3 aromatic rings. The lowest BCUT2D eigenvalue weighted by Gasteiger charge is -2.09. The minimum atomic E-state index is -0.662. The van der Waals surface area contributed by atoms with Crippen LogP contribution >= 0.6 is 0 Å². The Morgan fingerprint density at radius 2 is 1.62 bits per heavy atom. The van der Waals surface area contributed by atoms with Crippen LogP contribution in [0.3, 0.4) is 0 Å². The number of anilines is 3. The van der Waals surface area contributed by atoms with Gasteiger partial charge in [-0.25, -0.2) is 4.79 Å². The number of benzene rings is 2. The lowest BCUT2D eigenvalue weighted by atomic mass is 10.0. The molecule has 1 aromatic heterocycles. The number of aryl methyl sites for hydroxylation is 1. The Morgan fingerprint density at radius 3 is 2.24 bits per heavy atom. The minimum Gasteiger partial charge on any atom is -0.365 e. The van der Waals surface area contributed by atoms with Gasteiger partial charge in [-0.2, -0.15) is 0 Å². The monoisotopic (exact) mass is 391 g/mol. The number of urea groups is 1. The first kappa shape index (κ1) is 19.7. The number of H-pyrrole nitrogens is 1. The molecule has 1 heterocycles. The van der Waals surface area contributed by atoms with Gasteiger partial charge in [0.2, 0.25) is 5.91 Å². The number of aromatic nitrogens is 1. The topological polar surface area (TPSA) is 129 Å². The molecule has 0 bridgehead atoms. The van der Waals surface area contributed by atoms with E-state index in [0.29, 0.717) is 22.5 Å². The molecule has 2 aromatic carbocycles. The van der Waals surface area contributed by atoms with Crippen LogP contribution in [0.2, 0.25) is 0 Å². The molecule has 0 radical (unpaired) electrons. The van der Waals surface area contributed by atoms with Crippen molar-refractivity contribution < 1.29 is 14.4 Å². The smallest absolute Gasteiger partial charge is 0.323 e. The fraction of sp³-hybridized carbons (Fsp3) is 0.0952. The Balaban J connectivity index is 1.75. The molecule has 0 aliphatic carbocycles. The SMILES string of the molecule is CC(=O)Nc1[nH]cc(-c2ccc(NC(=O)Nc3cccc(C)c3)cc2)c1C(N)=O. The van der Waals surface area contributed by atoms with Gasteiger partial charge in [-0.1, -0.05) is 24.3 Å². The maximum absolute atomic E-state index is 12.2. The lowest BCUT2D eigenvalue weighted by molar-refractivity contribution is -0.114. The number of carbonyl (C=O) groups is 3. The van der Waals surface area contributed by atoms with E-state index in [1.54, 1.807) is 36.5 Å². The molecule has 0 aliphatic rings. The Kier molecular flexibility index (Phi) is 5.64. The second-order valence-electron chi connectivity index (χ2n) is 6.52. The summed E-state index contributed by atoms with van der Waals surface area (Å²) in [5.41, 5.74) is 9.25. The molecule has 0 unspecified atom stereocenters. The van der Waals surface area contributed by atoms with Crippen molar-refractivity contribution in [2.45, 2.75) is 13.8 Å². The van der Waals surface area contributed by atoms with E-state index in [2.05, 4.69) is 20.9 Å². The van der Waals surface area contributed by atoms with Crippen LogP contribution in [-0.2, 0) is 4.79 Å². The fourth-order valence-corrected chi connectivity index (χ4v) is 2.93. The largest absolute Gasteiger partial charge is 0.365 e. The van der Waals surface area contributed by atoms with Gasteiger partial charge in [0, 0.05) is 30.1 Å². The quantitative estimate of drug-likeness (QED) is 0.455. The number of hydrogen-bond donors (Lipinski definition) is 5. The molecule has 0 saturated carbocycles. The van der Waals surface area contributed by atoms with Crippen molar-refractivity contribution in [3.05, 3.63) is 65.9 Å². The van der Waals surface area contributed by atoms with Crippen LogP contribution in [0.1, 0.15) is 22.8 Å². The summed E-state index contributed by atoms with van der Waals surface area (Å²) in [5, 5.41) is 8.07. The van der Waals surface area contributed by atoms with Gasteiger partial charge in [-0.3, -0.25) is 9.59 Å². The molecule has 0 atom stereocenters. The third-order valence-corrected chi connectivity index (χ3v) is 4.16. The Morgan fingerprint density at radius 1 is 0.931 bits per heavy atom. The molecule has 29 heavy (non-hydrogen) atoms. The second kappa shape index (κ2) is 8.30. The number of rotatable bonds is 5. The van der Waals surface area contributed by atoms with Crippen molar-refractivity contribution >= 4 is 35.0 Å². The van der Waals surface area contributed by atoms with E-state index in [1.165, 1.54) is 6.92 Å². The van der Waals surface area contributed by atoms with E-state index in [4.69, 9.17) is 5.73 Å². The van der Waals surface area contributed by atoms with E-state index in [9.17, 15) is 14.4 Å². The van der Waals surface area contributed by atoms with E-state index >= 15 is 0 Å². The summed E-state index contributed by atoms with van der Waals surface area (Å²) in [5.74, 6) is -0.732. The zero-order chi connectivity index (χ0) is 21.0. The van der Waals surface area contributed by atoms with Crippen LogP contribution in [0, 0.1) is 6.92 Å². The molecule has 0 saturated heterocycles. The van der Waals surface area contributed by atoms with Gasteiger partial charge in [-0.05, 0) is 42.3 Å². The van der Waals surface area contributed by atoms with Gasteiger partial charge in [0.1, 0.15) is 5.82 Å². The highest BCUT2D eigenvalue weighted by atomic mass is 16.2. The Bertz CT molecular complexity index is 1070. The van der Waals surface area contributed by atoms with E-state index in [-0.39, 0.29) is 23.3 Å². The molecule has 8 heteroatoms. The lowest BCUT2D eigenvalue weighted by Crippen LogP contribution is -2.19. The normalized spacial score (nSPS) is 10.3. The number of nitrogens with two attached hydrogens (primary N) is 1. The van der Waals surface area contributed by atoms with Crippen LogP contribution in [0.15, 0.2) is 54.7 Å². The molecule has 8 nitrogen and oxygen atoms in total. The molecule has 4 amide bonds. The average Bonchev–Trinajstić information content (AvgIpc) is 3.05. The highest BCUT2D eigenvalue weighted by molar-refractivity contribution is 6.07. The minimum absolute atomic E-state index is 0.193. The van der Waals surface area contributed by atoms with Crippen molar-refractivity contribution in [3.8, 4) is 11.1 Å². The van der Waals surface area contributed by atoms with Gasteiger partial charge in [0.05, 0.1) is 5.56 Å². The molecular weight excluding hydrogens is 370 g/mol. The van der Waals surface area contributed by atoms with Crippen LogP contribution < -0.4 is 21.7 Å². The van der Waals surface area contributed by atoms with Gasteiger partial charge in [-0.15, -0.1) is 0 Å². The summed E-state index contributed by atoms with van der Waals surface area (Å²) in [6, 6.07) is 14.0. The van der Waals surface area contributed by atoms with Crippen molar-refractivity contribution in [2.24, 2.45) is 5.73 Å². The number of primary amides is 1. The summed E-state index contributed by atoms with van der Waals surface area (Å²) < 4.78 is 0. The zero-order valence-electron chi connectivity index (χ0n) is 16.0. The molecule has 0 spiro atoms. The maximum Gasteiger partial charge on any atom is 0.323 e. The maximum atomic E-state index is 12.2. The first-order valence-electron chi connectivity index (χ1n) is 8.87. The number of carbonyl (C=O) groups excluding carboxylic acids is 3. The molecule has 148 valence electrons. The summed E-state index contributed by atoms with van der Waals surface area (Å²) in [6.45, 7) is 3.29. The fourth-order valence-electron chi connectivity index (χ4n) is 2.93. The first-order chi connectivity index (χ1) is 13.8. The number of hydrogen-bond acceptors (Lipinski definition) is 3. The highest BCUT2D eigenvalue weighted by Crippen LogP contribution is 2.30. The number of amides is 4. The summed E-state index contributed by atoms with van der Waals surface area (Å²) in [4.78, 5) is 38.2. The predicted octanol–water partition coefficient (Wildman–Crippen LogP) is 3.69. The summed E-state index contributed by atoms with van der Waals surface area (Å²) >= 11 is 0. The third-order valence-electron chi connectivity index (χ3n) is 4.16. The van der Waals surface area contributed by atoms with Gasteiger partial charge in [0.15, 0.2) is 0 Å². The molecular formula is C21H21N5O3. The number of aromatic amines is 1. The average molecular weight is 391 g/mol. The van der Waals surface area contributed by atoms with Crippen LogP contribution in [0.25, 0.3) is 11.1 Å². The van der Waals surface area contributed by atoms with Crippen molar-refractivity contribution in [2.75, 3.05) is 16.0 Å². The second-order valence-corrected chi connectivity index (χ2v) is 6.52. The van der Waals surface area contributed by atoms with Crippen molar-refractivity contribution in [3.63, 3.8) is 0 Å². The molecule has 0 aliphatic heterocycles. The Labute approximate surface area is 167 Å². The molecule has 6 N–H and O–H groups in total. The van der Waals surface area contributed by atoms with Gasteiger partial charge < -0.3 is 26.7 Å². The van der Waals surface area contributed by atoms with Crippen LogP contribution in [0.5, 0.6) is 0 Å². The zero-order valence-corrected chi connectivity index (χ0v) is 16.0. The van der Waals surface area contributed by atoms with Crippen molar-refractivity contribution in [1.29, 1.82) is 0 Å².